The van der Waals surface area contributed by atoms with Crippen LogP contribution in [0.1, 0.15) is 23.3 Å². The van der Waals surface area contributed by atoms with Gasteiger partial charge in [-0.25, -0.2) is 0 Å². The summed E-state index contributed by atoms with van der Waals surface area (Å²) < 4.78 is 22.1. The van der Waals surface area contributed by atoms with Gasteiger partial charge in [-0.3, -0.25) is 9.63 Å². The summed E-state index contributed by atoms with van der Waals surface area (Å²) in [6, 6.07) is 12.9. The molecular formula is C20H19NO6. The van der Waals surface area contributed by atoms with Crippen molar-refractivity contribution in [3.63, 3.8) is 0 Å². The summed E-state index contributed by atoms with van der Waals surface area (Å²) in [5.74, 6) is 1.70. The molecule has 140 valence electrons. The molecule has 5 rings (SSSR count). The van der Waals surface area contributed by atoms with E-state index in [0.717, 1.165) is 16.9 Å². The number of fused-ring (bicyclic) bond motifs is 4. The van der Waals surface area contributed by atoms with E-state index in [0.29, 0.717) is 11.5 Å². The number of hydrogen-bond acceptors (Lipinski definition) is 7. The lowest BCUT2D eigenvalue weighted by Crippen LogP contribution is -2.48. The summed E-state index contributed by atoms with van der Waals surface area (Å²) in [5.41, 5.74) is 0.674. The van der Waals surface area contributed by atoms with Crippen molar-refractivity contribution in [3.8, 4) is 17.2 Å². The third-order valence-electron chi connectivity index (χ3n) is 5.54. The van der Waals surface area contributed by atoms with Crippen molar-refractivity contribution in [3.05, 3.63) is 53.6 Å². The second-order valence-corrected chi connectivity index (χ2v) is 6.91. The van der Waals surface area contributed by atoms with Gasteiger partial charge in [-0.15, -0.1) is 0 Å². The molecule has 2 aromatic rings. The average Bonchev–Trinajstić information content (AvgIpc) is 3.29. The second-order valence-electron chi connectivity index (χ2n) is 6.91. The standard InChI is InChI=1S/C20H19NO6/c1-21-17-13-5-3-4-6-14(13)24-10-20(17,19(22)23-2)18(27-21)12-7-8-15-16(9-12)26-11-25-15/h3-9,17-18H,10-11H2,1-2H3/t17-,18+,20-/m1/s1. The lowest BCUT2D eigenvalue weighted by molar-refractivity contribution is -0.163. The van der Waals surface area contributed by atoms with Gasteiger partial charge in [0.15, 0.2) is 16.9 Å². The van der Waals surface area contributed by atoms with E-state index in [4.69, 9.17) is 23.8 Å². The Morgan fingerprint density at radius 2 is 1.93 bits per heavy atom. The van der Waals surface area contributed by atoms with Crippen LogP contribution in [-0.4, -0.2) is 38.6 Å². The lowest BCUT2D eigenvalue weighted by atomic mass is 9.70. The molecule has 0 amide bonds. The summed E-state index contributed by atoms with van der Waals surface area (Å²) in [5, 5.41) is 1.73. The van der Waals surface area contributed by atoms with E-state index in [1.165, 1.54) is 7.11 Å². The zero-order valence-electron chi connectivity index (χ0n) is 15.0. The van der Waals surface area contributed by atoms with Gasteiger partial charge in [0.05, 0.1) is 13.2 Å². The Bertz CT molecular complexity index is 915. The monoisotopic (exact) mass is 369 g/mol. The van der Waals surface area contributed by atoms with Gasteiger partial charge in [0, 0.05) is 12.6 Å². The van der Waals surface area contributed by atoms with Gasteiger partial charge in [0.25, 0.3) is 0 Å². The number of carbonyl (C=O) groups is 1. The van der Waals surface area contributed by atoms with Crippen molar-refractivity contribution in [2.24, 2.45) is 5.41 Å². The Kier molecular flexibility index (Phi) is 3.57. The summed E-state index contributed by atoms with van der Waals surface area (Å²) >= 11 is 0. The summed E-state index contributed by atoms with van der Waals surface area (Å²) in [6.07, 6.45) is -0.581. The first-order valence-corrected chi connectivity index (χ1v) is 8.74. The SMILES string of the molecule is COC(=O)[C@]12COc3ccccc3[C@H]1N(C)O[C@H]2c1ccc2c(c1)OCO2. The maximum atomic E-state index is 13.1. The molecule has 3 heterocycles. The molecule has 0 bridgehead atoms. The first kappa shape index (κ1) is 16.4. The fraction of sp³-hybridized carbons (Fsp3) is 0.350. The van der Waals surface area contributed by atoms with Crippen LogP contribution in [0.25, 0.3) is 0 Å². The molecule has 3 aliphatic heterocycles. The van der Waals surface area contributed by atoms with Crippen molar-refractivity contribution in [2.45, 2.75) is 12.1 Å². The first-order valence-electron chi connectivity index (χ1n) is 8.74. The molecule has 3 atom stereocenters. The van der Waals surface area contributed by atoms with Crippen LogP contribution in [0.2, 0.25) is 0 Å². The van der Waals surface area contributed by atoms with E-state index in [1.807, 2.05) is 49.5 Å². The van der Waals surface area contributed by atoms with Gasteiger partial charge in [0.1, 0.15) is 18.5 Å². The number of hydroxylamine groups is 2. The number of para-hydroxylation sites is 1. The van der Waals surface area contributed by atoms with Crippen molar-refractivity contribution >= 4 is 5.97 Å². The van der Waals surface area contributed by atoms with Gasteiger partial charge in [-0.2, -0.15) is 5.06 Å². The fourth-order valence-corrected chi connectivity index (χ4v) is 4.35. The summed E-state index contributed by atoms with van der Waals surface area (Å²) in [7, 11) is 3.22. The molecule has 2 aromatic carbocycles. The molecule has 0 aliphatic carbocycles. The fourth-order valence-electron chi connectivity index (χ4n) is 4.35. The van der Waals surface area contributed by atoms with Crippen LogP contribution in [0.4, 0.5) is 0 Å². The molecule has 1 saturated heterocycles. The molecular weight excluding hydrogens is 350 g/mol. The third kappa shape index (κ3) is 2.18. The number of esters is 1. The highest BCUT2D eigenvalue weighted by Gasteiger charge is 2.64. The minimum atomic E-state index is -1.04. The lowest BCUT2D eigenvalue weighted by Gasteiger charge is -2.39. The van der Waals surface area contributed by atoms with Crippen molar-refractivity contribution in [1.29, 1.82) is 0 Å². The zero-order chi connectivity index (χ0) is 18.6. The van der Waals surface area contributed by atoms with Crippen molar-refractivity contribution < 1.29 is 28.6 Å². The molecule has 0 saturated carbocycles. The Balaban J connectivity index is 1.66. The van der Waals surface area contributed by atoms with Crippen LogP contribution in [0.5, 0.6) is 17.2 Å². The molecule has 0 N–H and O–H groups in total. The number of ether oxygens (including phenoxy) is 4. The number of rotatable bonds is 2. The summed E-state index contributed by atoms with van der Waals surface area (Å²) in [6.45, 7) is 0.344. The number of carbonyl (C=O) groups excluding carboxylic acids is 1. The molecule has 3 aliphatic rings. The topological polar surface area (TPSA) is 66.5 Å². The van der Waals surface area contributed by atoms with Crippen molar-refractivity contribution in [1.82, 2.24) is 5.06 Å². The van der Waals surface area contributed by atoms with Gasteiger partial charge in [-0.05, 0) is 23.8 Å². The first-order chi connectivity index (χ1) is 13.1. The molecule has 0 aromatic heterocycles. The normalized spacial score (nSPS) is 28.2. The predicted octanol–water partition coefficient (Wildman–Crippen LogP) is 2.63. The number of hydrogen-bond donors (Lipinski definition) is 0. The highest BCUT2D eigenvalue weighted by atomic mass is 16.7. The molecule has 0 unspecified atom stereocenters. The van der Waals surface area contributed by atoms with Crippen LogP contribution in [0, 0.1) is 5.41 Å². The second kappa shape index (κ2) is 5.87. The molecule has 0 radical (unpaired) electrons. The maximum Gasteiger partial charge on any atom is 0.320 e. The van der Waals surface area contributed by atoms with E-state index in [-0.39, 0.29) is 25.4 Å². The minimum Gasteiger partial charge on any atom is -0.492 e. The van der Waals surface area contributed by atoms with Crippen molar-refractivity contribution in [2.75, 3.05) is 27.6 Å². The quantitative estimate of drug-likeness (QED) is 0.754. The molecule has 0 spiro atoms. The molecule has 7 nitrogen and oxygen atoms in total. The van der Waals surface area contributed by atoms with Crippen LogP contribution in [0.15, 0.2) is 42.5 Å². The number of nitrogens with zero attached hydrogens (tertiary/aromatic N) is 1. The number of benzene rings is 2. The van der Waals surface area contributed by atoms with E-state index in [9.17, 15) is 4.79 Å². The van der Waals surface area contributed by atoms with Crippen LogP contribution in [-0.2, 0) is 14.4 Å². The Morgan fingerprint density at radius 3 is 2.78 bits per heavy atom. The van der Waals surface area contributed by atoms with Crippen LogP contribution < -0.4 is 14.2 Å². The highest BCUT2D eigenvalue weighted by molar-refractivity contribution is 5.81. The van der Waals surface area contributed by atoms with Crippen LogP contribution in [0.3, 0.4) is 0 Å². The van der Waals surface area contributed by atoms with E-state index in [2.05, 4.69) is 0 Å². The third-order valence-corrected chi connectivity index (χ3v) is 5.54. The summed E-state index contributed by atoms with van der Waals surface area (Å²) in [4.78, 5) is 19.3. The maximum absolute atomic E-state index is 13.1. The van der Waals surface area contributed by atoms with E-state index >= 15 is 0 Å². The highest BCUT2D eigenvalue weighted by Crippen LogP contribution is 2.60. The largest absolute Gasteiger partial charge is 0.492 e. The Morgan fingerprint density at radius 1 is 1.11 bits per heavy atom. The molecule has 27 heavy (non-hydrogen) atoms. The molecule has 1 fully saturated rings. The minimum absolute atomic E-state index is 0.158. The van der Waals surface area contributed by atoms with E-state index in [1.54, 1.807) is 5.06 Å². The Labute approximate surface area is 156 Å². The van der Waals surface area contributed by atoms with Gasteiger partial charge in [-0.1, -0.05) is 24.3 Å². The smallest absolute Gasteiger partial charge is 0.320 e. The van der Waals surface area contributed by atoms with Gasteiger partial charge >= 0.3 is 5.97 Å². The molecule has 7 heteroatoms. The predicted molar refractivity (Wildman–Crippen MR) is 93.3 cm³/mol. The number of methoxy groups -OCH3 is 1. The van der Waals surface area contributed by atoms with E-state index < -0.39 is 11.5 Å². The van der Waals surface area contributed by atoms with Gasteiger partial charge in [0.2, 0.25) is 6.79 Å². The van der Waals surface area contributed by atoms with Crippen LogP contribution >= 0.6 is 0 Å². The zero-order valence-corrected chi connectivity index (χ0v) is 15.0. The average molecular weight is 369 g/mol. The Hall–Kier alpha value is -2.77. The van der Waals surface area contributed by atoms with Gasteiger partial charge < -0.3 is 18.9 Å².